The van der Waals surface area contributed by atoms with Gasteiger partial charge in [0, 0.05) is 12.2 Å². The third kappa shape index (κ3) is 5.57. The first-order valence-electron chi connectivity index (χ1n) is 12.0. The van der Waals surface area contributed by atoms with E-state index in [-0.39, 0.29) is 18.8 Å². The summed E-state index contributed by atoms with van der Waals surface area (Å²) in [6.45, 7) is 0.260. The van der Waals surface area contributed by atoms with Crippen LogP contribution in [-0.4, -0.2) is 28.8 Å². The highest BCUT2D eigenvalue weighted by molar-refractivity contribution is 6.02. The fourth-order valence-electron chi connectivity index (χ4n) is 4.29. The average Bonchev–Trinajstić information content (AvgIpc) is 3.57. The number of benzene rings is 3. The number of anilines is 1. The average molecular weight is 514 g/mol. The van der Waals surface area contributed by atoms with Crippen molar-refractivity contribution in [2.45, 2.75) is 25.2 Å². The van der Waals surface area contributed by atoms with Gasteiger partial charge >= 0.3 is 6.09 Å². The summed E-state index contributed by atoms with van der Waals surface area (Å²) in [6, 6.07) is 24.1. The third-order valence-electron chi connectivity index (χ3n) is 6.15. The molecule has 2 N–H and O–H groups in total. The number of hydrogen-bond donors (Lipinski definition) is 2. The zero-order valence-corrected chi connectivity index (χ0v) is 20.2. The van der Waals surface area contributed by atoms with E-state index in [0.29, 0.717) is 16.8 Å². The Labute approximate surface area is 218 Å². The number of carbonyl (C=O) groups excluding carboxylic acids is 3. The van der Waals surface area contributed by atoms with Crippen LogP contribution in [0, 0.1) is 5.82 Å². The standard InChI is InChI=1S/C29H24FN3O5/c30-22-9-4-8-20(16-22)18-33-25(28(35)31-17-19-6-2-1-3-7-19)26(38-29(33)36)21-11-13-23(14-12-21)32-27(34)24-10-5-15-37-24/h1-16,25-26H,17-18H2,(H,31,35)(H,32,34)/t25-,26-/m1/s1. The van der Waals surface area contributed by atoms with Gasteiger partial charge in [-0.15, -0.1) is 0 Å². The van der Waals surface area contributed by atoms with Crippen LogP contribution in [0.5, 0.6) is 0 Å². The topological polar surface area (TPSA) is 101 Å². The summed E-state index contributed by atoms with van der Waals surface area (Å²) in [4.78, 5) is 39.9. The number of furan rings is 1. The van der Waals surface area contributed by atoms with Gasteiger partial charge in [0.05, 0.1) is 12.8 Å². The highest BCUT2D eigenvalue weighted by atomic mass is 19.1. The first-order valence-corrected chi connectivity index (χ1v) is 12.0. The van der Waals surface area contributed by atoms with Crippen LogP contribution in [0.2, 0.25) is 0 Å². The Kier molecular flexibility index (Phi) is 7.17. The lowest BCUT2D eigenvalue weighted by Crippen LogP contribution is -2.46. The van der Waals surface area contributed by atoms with E-state index in [1.165, 1.54) is 23.3 Å². The number of amides is 3. The molecule has 1 saturated heterocycles. The number of halogens is 1. The molecule has 8 nitrogen and oxygen atoms in total. The van der Waals surface area contributed by atoms with Crippen LogP contribution in [-0.2, 0) is 22.6 Å². The molecule has 0 radical (unpaired) electrons. The minimum absolute atomic E-state index is 0.00615. The summed E-state index contributed by atoms with van der Waals surface area (Å²) in [5, 5.41) is 5.61. The van der Waals surface area contributed by atoms with Crippen LogP contribution in [0.15, 0.2) is 102 Å². The third-order valence-corrected chi connectivity index (χ3v) is 6.15. The lowest BCUT2D eigenvalue weighted by Gasteiger charge is -2.24. The predicted molar refractivity (Wildman–Crippen MR) is 136 cm³/mol. The maximum Gasteiger partial charge on any atom is 0.411 e. The Morgan fingerprint density at radius 2 is 1.66 bits per heavy atom. The molecule has 2 heterocycles. The number of nitrogens with zero attached hydrogens (tertiary/aromatic N) is 1. The van der Waals surface area contributed by atoms with Crippen molar-refractivity contribution in [2.24, 2.45) is 0 Å². The molecule has 2 atom stereocenters. The largest absolute Gasteiger partial charge is 0.459 e. The van der Waals surface area contributed by atoms with Crippen LogP contribution >= 0.6 is 0 Å². The molecule has 5 rings (SSSR count). The van der Waals surface area contributed by atoms with Gasteiger partial charge < -0.3 is 19.8 Å². The number of ether oxygens (including phenoxy) is 1. The SMILES string of the molecule is O=C(Nc1ccc([C@H]2OC(=O)N(Cc3cccc(F)c3)[C@H]2C(=O)NCc2ccccc2)cc1)c1ccco1. The van der Waals surface area contributed by atoms with Crippen LogP contribution in [0.4, 0.5) is 14.9 Å². The van der Waals surface area contributed by atoms with Crippen molar-refractivity contribution in [1.29, 1.82) is 0 Å². The molecule has 1 aliphatic rings. The van der Waals surface area contributed by atoms with Crippen LogP contribution in [0.1, 0.15) is 33.3 Å². The van der Waals surface area contributed by atoms with E-state index in [1.807, 2.05) is 30.3 Å². The van der Waals surface area contributed by atoms with Gasteiger partial charge in [0.1, 0.15) is 5.82 Å². The van der Waals surface area contributed by atoms with Crippen molar-refractivity contribution in [3.8, 4) is 0 Å². The molecular formula is C29H24FN3O5. The molecule has 0 aliphatic carbocycles. The molecule has 9 heteroatoms. The van der Waals surface area contributed by atoms with E-state index >= 15 is 0 Å². The first-order chi connectivity index (χ1) is 18.5. The molecule has 1 aliphatic heterocycles. The molecule has 192 valence electrons. The van der Waals surface area contributed by atoms with E-state index in [9.17, 15) is 18.8 Å². The number of hydrogen-bond acceptors (Lipinski definition) is 5. The summed E-state index contributed by atoms with van der Waals surface area (Å²) in [5.74, 6) is -1.09. The van der Waals surface area contributed by atoms with Gasteiger partial charge in [-0.1, -0.05) is 54.6 Å². The van der Waals surface area contributed by atoms with Crippen molar-refractivity contribution in [2.75, 3.05) is 5.32 Å². The van der Waals surface area contributed by atoms with E-state index < -0.39 is 35.9 Å². The van der Waals surface area contributed by atoms with Crippen molar-refractivity contribution in [3.63, 3.8) is 0 Å². The molecule has 38 heavy (non-hydrogen) atoms. The molecule has 0 spiro atoms. The zero-order chi connectivity index (χ0) is 26.5. The Morgan fingerprint density at radius 1 is 0.895 bits per heavy atom. The first kappa shape index (κ1) is 24.8. The highest BCUT2D eigenvalue weighted by Gasteiger charge is 2.47. The fourth-order valence-corrected chi connectivity index (χ4v) is 4.29. The van der Waals surface area contributed by atoms with Gasteiger partial charge in [-0.3, -0.25) is 14.5 Å². The second-order valence-corrected chi connectivity index (χ2v) is 8.76. The monoisotopic (exact) mass is 513 g/mol. The Balaban J connectivity index is 1.37. The van der Waals surface area contributed by atoms with E-state index in [4.69, 9.17) is 9.15 Å². The number of cyclic esters (lactones) is 1. The highest BCUT2D eigenvalue weighted by Crippen LogP contribution is 2.34. The number of carbonyl (C=O) groups is 3. The normalized spacial score (nSPS) is 16.7. The molecule has 1 fully saturated rings. The van der Waals surface area contributed by atoms with E-state index in [2.05, 4.69) is 10.6 Å². The van der Waals surface area contributed by atoms with Crippen LogP contribution in [0.25, 0.3) is 0 Å². The zero-order valence-electron chi connectivity index (χ0n) is 20.2. The lowest BCUT2D eigenvalue weighted by molar-refractivity contribution is -0.126. The summed E-state index contributed by atoms with van der Waals surface area (Å²) >= 11 is 0. The maximum atomic E-state index is 13.8. The number of nitrogens with one attached hydrogen (secondary N) is 2. The van der Waals surface area contributed by atoms with Crippen molar-refractivity contribution >= 4 is 23.6 Å². The molecule has 3 aromatic carbocycles. The van der Waals surface area contributed by atoms with Crippen LogP contribution in [0.3, 0.4) is 0 Å². The molecule has 1 aromatic heterocycles. The van der Waals surface area contributed by atoms with Crippen molar-refractivity contribution < 1.29 is 27.9 Å². The second kappa shape index (κ2) is 11.0. The quantitative estimate of drug-likeness (QED) is 0.343. The van der Waals surface area contributed by atoms with Gasteiger partial charge in [0.2, 0.25) is 5.91 Å². The molecular weight excluding hydrogens is 489 g/mol. The van der Waals surface area contributed by atoms with Gasteiger partial charge in [0.25, 0.3) is 5.91 Å². The van der Waals surface area contributed by atoms with Crippen molar-refractivity contribution in [1.82, 2.24) is 10.2 Å². The van der Waals surface area contributed by atoms with Gasteiger partial charge in [-0.2, -0.15) is 0 Å². The summed E-state index contributed by atoms with van der Waals surface area (Å²) < 4.78 is 24.6. The predicted octanol–water partition coefficient (Wildman–Crippen LogP) is 5.05. The van der Waals surface area contributed by atoms with Gasteiger partial charge in [-0.25, -0.2) is 9.18 Å². The fraction of sp³-hybridized carbons (Fsp3) is 0.138. The maximum absolute atomic E-state index is 13.8. The molecule has 0 saturated carbocycles. The molecule has 0 bridgehead atoms. The van der Waals surface area contributed by atoms with Crippen LogP contribution < -0.4 is 10.6 Å². The van der Waals surface area contributed by atoms with Gasteiger partial charge in [0.15, 0.2) is 17.9 Å². The van der Waals surface area contributed by atoms with E-state index in [0.717, 1.165) is 5.56 Å². The van der Waals surface area contributed by atoms with Crippen molar-refractivity contribution in [3.05, 3.63) is 126 Å². The Morgan fingerprint density at radius 3 is 2.37 bits per heavy atom. The summed E-state index contributed by atoms with van der Waals surface area (Å²) in [7, 11) is 0. The molecule has 0 unspecified atom stereocenters. The Bertz CT molecular complexity index is 1420. The molecule has 4 aromatic rings. The minimum atomic E-state index is -1.00. The van der Waals surface area contributed by atoms with Gasteiger partial charge in [-0.05, 0) is 53.1 Å². The second-order valence-electron chi connectivity index (χ2n) is 8.76. The number of rotatable bonds is 8. The Hall–Kier alpha value is -4.92. The smallest absolute Gasteiger partial charge is 0.411 e. The molecule has 3 amide bonds. The lowest BCUT2D eigenvalue weighted by atomic mass is 10.00. The van der Waals surface area contributed by atoms with E-state index in [1.54, 1.807) is 48.5 Å². The summed E-state index contributed by atoms with van der Waals surface area (Å²) in [6.07, 6.45) is -0.193. The minimum Gasteiger partial charge on any atom is -0.459 e. The summed E-state index contributed by atoms with van der Waals surface area (Å²) in [5.41, 5.74) is 2.49.